The van der Waals surface area contributed by atoms with Crippen LogP contribution < -0.4 is 5.73 Å². The van der Waals surface area contributed by atoms with Crippen molar-refractivity contribution in [3.05, 3.63) is 29.8 Å². The summed E-state index contributed by atoms with van der Waals surface area (Å²) in [4.78, 5) is 0.349. The average Bonchev–Trinajstić information content (AvgIpc) is 2.33. The molecule has 0 unspecified atom stereocenters. The molecule has 4 nitrogen and oxygen atoms in total. The summed E-state index contributed by atoms with van der Waals surface area (Å²) in [6.45, 7) is 1.05. The molecule has 0 radical (unpaired) electrons. The highest BCUT2D eigenvalue weighted by Crippen LogP contribution is 2.28. The lowest BCUT2D eigenvalue weighted by atomic mass is 9.86. The molecule has 2 rings (SSSR count). The molecule has 0 atom stereocenters. The van der Waals surface area contributed by atoms with Crippen LogP contribution in [0, 0.1) is 5.92 Å². The Kier molecular flexibility index (Phi) is 4.04. The molecular formula is C13H20N2O2S. The Labute approximate surface area is 109 Å². The van der Waals surface area contributed by atoms with E-state index in [9.17, 15) is 8.42 Å². The highest BCUT2D eigenvalue weighted by Gasteiger charge is 2.26. The molecule has 0 spiro atoms. The largest absolute Gasteiger partial charge is 0.326 e. The van der Waals surface area contributed by atoms with Gasteiger partial charge in [-0.2, -0.15) is 0 Å². The second-order valence-electron chi connectivity index (χ2n) is 4.93. The van der Waals surface area contributed by atoms with Gasteiger partial charge in [-0.3, -0.25) is 0 Å². The first-order valence-corrected chi connectivity index (χ1v) is 7.73. The van der Waals surface area contributed by atoms with Crippen LogP contribution in [0.1, 0.15) is 24.8 Å². The zero-order valence-corrected chi connectivity index (χ0v) is 11.5. The second kappa shape index (κ2) is 5.38. The van der Waals surface area contributed by atoms with Gasteiger partial charge in [-0.1, -0.05) is 18.6 Å². The van der Waals surface area contributed by atoms with Gasteiger partial charge in [0.1, 0.15) is 0 Å². The fourth-order valence-electron chi connectivity index (χ4n) is 2.11. The van der Waals surface area contributed by atoms with Gasteiger partial charge >= 0.3 is 0 Å². The molecule has 0 amide bonds. The number of rotatable bonds is 5. The summed E-state index contributed by atoms with van der Waals surface area (Å²) in [6.07, 6.45) is 3.52. The summed E-state index contributed by atoms with van der Waals surface area (Å²) in [7, 11) is -1.69. The lowest BCUT2D eigenvalue weighted by molar-refractivity contribution is 0.263. The monoisotopic (exact) mass is 268 g/mol. The maximum Gasteiger partial charge on any atom is 0.242 e. The molecular weight excluding hydrogens is 248 g/mol. The van der Waals surface area contributed by atoms with Crippen LogP contribution in [0.15, 0.2) is 29.2 Å². The molecule has 2 N–H and O–H groups in total. The number of nitrogens with zero attached hydrogens (tertiary/aromatic N) is 1. The SMILES string of the molecule is CN(CC1CCC1)S(=O)(=O)c1ccc(CN)cc1. The molecule has 1 aromatic rings. The average molecular weight is 268 g/mol. The van der Waals surface area contributed by atoms with Crippen LogP contribution in [0.5, 0.6) is 0 Å². The maximum atomic E-state index is 12.3. The van der Waals surface area contributed by atoms with E-state index in [4.69, 9.17) is 5.73 Å². The third kappa shape index (κ3) is 2.74. The molecule has 1 aliphatic rings. The summed E-state index contributed by atoms with van der Waals surface area (Å²) >= 11 is 0. The van der Waals surface area contributed by atoms with Crippen LogP contribution in [0.3, 0.4) is 0 Å². The first kappa shape index (κ1) is 13.5. The Morgan fingerprint density at radius 1 is 1.28 bits per heavy atom. The Morgan fingerprint density at radius 3 is 2.33 bits per heavy atom. The van der Waals surface area contributed by atoms with Gasteiger partial charge in [0.15, 0.2) is 0 Å². The van der Waals surface area contributed by atoms with E-state index >= 15 is 0 Å². The fraction of sp³-hybridized carbons (Fsp3) is 0.538. The van der Waals surface area contributed by atoms with Gasteiger partial charge in [0, 0.05) is 20.1 Å². The smallest absolute Gasteiger partial charge is 0.242 e. The Balaban J connectivity index is 2.12. The first-order valence-electron chi connectivity index (χ1n) is 6.29. The van der Waals surface area contributed by atoms with Gasteiger partial charge in [0.25, 0.3) is 0 Å². The van der Waals surface area contributed by atoms with E-state index in [-0.39, 0.29) is 0 Å². The number of hydrogen-bond acceptors (Lipinski definition) is 3. The van der Waals surface area contributed by atoms with Crippen LogP contribution >= 0.6 is 0 Å². The van der Waals surface area contributed by atoms with Gasteiger partial charge in [-0.25, -0.2) is 12.7 Å². The highest BCUT2D eigenvalue weighted by molar-refractivity contribution is 7.89. The minimum atomic E-state index is -3.34. The molecule has 5 heteroatoms. The van der Waals surface area contributed by atoms with Crippen molar-refractivity contribution in [3.63, 3.8) is 0 Å². The standard InChI is InChI=1S/C13H20N2O2S/c1-15(10-12-3-2-4-12)18(16,17)13-7-5-11(9-14)6-8-13/h5-8,12H,2-4,9-10,14H2,1H3. The molecule has 1 fully saturated rings. The lowest BCUT2D eigenvalue weighted by Crippen LogP contribution is -2.34. The van der Waals surface area contributed by atoms with Gasteiger partial charge < -0.3 is 5.73 Å². The van der Waals surface area contributed by atoms with E-state index in [0.29, 0.717) is 23.9 Å². The van der Waals surface area contributed by atoms with Crippen molar-refractivity contribution in [1.82, 2.24) is 4.31 Å². The highest BCUT2D eigenvalue weighted by atomic mass is 32.2. The second-order valence-corrected chi connectivity index (χ2v) is 6.98. The third-order valence-corrected chi connectivity index (χ3v) is 5.44. The van der Waals surface area contributed by atoms with Crippen LogP contribution in [0.25, 0.3) is 0 Å². The van der Waals surface area contributed by atoms with Gasteiger partial charge in [0.05, 0.1) is 4.90 Å². The maximum absolute atomic E-state index is 12.3. The lowest BCUT2D eigenvalue weighted by Gasteiger charge is -2.29. The molecule has 0 bridgehead atoms. The molecule has 18 heavy (non-hydrogen) atoms. The van der Waals surface area contributed by atoms with Crippen molar-refractivity contribution >= 4 is 10.0 Å². The van der Waals surface area contributed by atoms with E-state index in [1.807, 2.05) is 0 Å². The predicted octanol–water partition coefficient (Wildman–Crippen LogP) is 1.57. The molecule has 0 aromatic heterocycles. The quantitative estimate of drug-likeness (QED) is 0.881. The molecule has 0 aliphatic heterocycles. The fourth-order valence-corrected chi connectivity index (χ4v) is 3.36. The van der Waals surface area contributed by atoms with Crippen molar-refractivity contribution in [2.45, 2.75) is 30.7 Å². The number of sulfonamides is 1. The zero-order valence-electron chi connectivity index (χ0n) is 10.7. The van der Waals surface area contributed by atoms with E-state index in [2.05, 4.69) is 0 Å². The van der Waals surface area contributed by atoms with Gasteiger partial charge in [-0.15, -0.1) is 0 Å². The van der Waals surface area contributed by atoms with Crippen molar-refractivity contribution in [2.75, 3.05) is 13.6 Å². The van der Waals surface area contributed by atoms with E-state index in [0.717, 1.165) is 18.4 Å². The molecule has 0 heterocycles. The summed E-state index contributed by atoms with van der Waals surface area (Å²) in [5.74, 6) is 0.535. The summed E-state index contributed by atoms with van der Waals surface area (Å²) in [5, 5.41) is 0. The zero-order chi connectivity index (χ0) is 13.2. The minimum absolute atomic E-state index is 0.349. The van der Waals surface area contributed by atoms with Crippen LogP contribution in [0.4, 0.5) is 0 Å². The van der Waals surface area contributed by atoms with Crippen molar-refractivity contribution in [2.24, 2.45) is 11.7 Å². The summed E-state index contributed by atoms with van der Waals surface area (Å²) < 4.78 is 26.1. The summed E-state index contributed by atoms with van der Waals surface area (Å²) in [6, 6.07) is 6.80. The van der Waals surface area contributed by atoms with Gasteiger partial charge in [-0.05, 0) is 36.5 Å². The molecule has 0 saturated heterocycles. The Bertz CT molecular complexity index is 492. The minimum Gasteiger partial charge on any atom is -0.326 e. The van der Waals surface area contributed by atoms with Crippen LogP contribution in [-0.4, -0.2) is 26.3 Å². The normalized spacial score (nSPS) is 16.8. The molecule has 100 valence electrons. The van der Waals surface area contributed by atoms with Crippen molar-refractivity contribution in [1.29, 1.82) is 0 Å². The van der Waals surface area contributed by atoms with Crippen LogP contribution in [0.2, 0.25) is 0 Å². The number of nitrogens with two attached hydrogens (primary N) is 1. The first-order chi connectivity index (χ1) is 8.54. The Hall–Kier alpha value is -0.910. The number of benzene rings is 1. The summed E-state index contributed by atoms with van der Waals surface area (Å²) in [5.41, 5.74) is 6.44. The number of hydrogen-bond donors (Lipinski definition) is 1. The third-order valence-electron chi connectivity index (χ3n) is 3.61. The van der Waals surface area contributed by atoms with E-state index in [1.54, 1.807) is 31.3 Å². The van der Waals surface area contributed by atoms with Crippen molar-refractivity contribution < 1.29 is 8.42 Å². The predicted molar refractivity (Wildman–Crippen MR) is 71.5 cm³/mol. The van der Waals surface area contributed by atoms with E-state index < -0.39 is 10.0 Å². The molecule has 1 aromatic carbocycles. The molecule has 1 saturated carbocycles. The topological polar surface area (TPSA) is 63.4 Å². The molecule has 1 aliphatic carbocycles. The van der Waals surface area contributed by atoms with Crippen molar-refractivity contribution in [3.8, 4) is 0 Å². The van der Waals surface area contributed by atoms with E-state index in [1.165, 1.54) is 10.7 Å². The Morgan fingerprint density at radius 2 is 1.89 bits per heavy atom. The van der Waals surface area contributed by atoms with Gasteiger partial charge in [0.2, 0.25) is 10.0 Å². The van der Waals surface area contributed by atoms with Crippen LogP contribution in [-0.2, 0) is 16.6 Å².